The molecular weight excluding hydrogens is 413 g/mol. The predicted molar refractivity (Wildman–Crippen MR) is 123 cm³/mol. The van der Waals surface area contributed by atoms with Crippen LogP contribution in [0.3, 0.4) is 0 Å². The number of nitrogens with zero attached hydrogens (tertiary/aromatic N) is 3. The van der Waals surface area contributed by atoms with Gasteiger partial charge in [0.2, 0.25) is 0 Å². The minimum Gasteiger partial charge on any atom is -0.384 e. The quantitative estimate of drug-likeness (QED) is 0.497. The van der Waals surface area contributed by atoms with Crippen LogP contribution < -0.4 is 11.1 Å². The maximum atomic E-state index is 13.3. The Morgan fingerprint density at radius 1 is 1.06 bits per heavy atom. The Labute approximate surface area is 187 Å². The van der Waals surface area contributed by atoms with Crippen molar-refractivity contribution in [2.75, 3.05) is 11.1 Å². The van der Waals surface area contributed by atoms with E-state index in [1.54, 1.807) is 30.3 Å². The van der Waals surface area contributed by atoms with E-state index in [-0.39, 0.29) is 5.82 Å². The van der Waals surface area contributed by atoms with Gasteiger partial charge in [0, 0.05) is 18.3 Å². The first kappa shape index (κ1) is 22.5. The van der Waals surface area contributed by atoms with Gasteiger partial charge >= 0.3 is 0 Å². The second kappa shape index (κ2) is 11.3. The van der Waals surface area contributed by atoms with Crippen LogP contribution in [0.2, 0.25) is 5.02 Å². The summed E-state index contributed by atoms with van der Waals surface area (Å²) in [6.07, 6.45) is 10.5. The third-order valence-corrected chi connectivity index (χ3v) is 5.32. The molecule has 0 radical (unpaired) electrons. The molecule has 0 atom stereocenters. The smallest absolute Gasteiger partial charge is 0.144 e. The molecule has 5 nitrogen and oxygen atoms in total. The summed E-state index contributed by atoms with van der Waals surface area (Å²) in [7, 11) is 0. The highest BCUT2D eigenvalue weighted by atomic mass is 35.5. The third kappa shape index (κ3) is 6.66. The van der Waals surface area contributed by atoms with E-state index in [2.05, 4.69) is 21.4 Å². The average molecular weight is 438 g/mol. The third-order valence-electron chi connectivity index (χ3n) is 5.02. The van der Waals surface area contributed by atoms with Crippen LogP contribution in [0.5, 0.6) is 0 Å². The van der Waals surface area contributed by atoms with Crippen LogP contribution >= 0.6 is 11.6 Å². The fourth-order valence-electron chi connectivity index (χ4n) is 3.38. The van der Waals surface area contributed by atoms with Gasteiger partial charge in [-0.2, -0.15) is 5.26 Å². The fourth-order valence-corrected chi connectivity index (χ4v) is 3.58. The zero-order chi connectivity index (χ0) is 22.1. The van der Waals surface area contributed by atoms with Gasteiger partial charge < -0.3 is 11.1 Å². The standard InChI is InChI=1S/C18H13ClFN5.C6H12/c19-15-10-23-17(22)7-14(15)16-5-4-12(8-21)18(25-16)24-9-11-2-1-3-13(20)6-11;1-2-4-6-5-3-1/h1-7,10H,9H2,(H2,22,23)(H,24,25);1-6H2. The number of benzene rings is 1. The Hall–Kier alpha value is -3.17. The molecule has 0 bridgehead atoms. The predicted octanol–water partition coefficient (Wildman–Crippen LogP) is 6.34. The Bertz CT molecular complexity index is 1050. The largest absolute Gasteiger partial charge is 0.384 e. The molecule has 0 unspecified atom stereocenters. The van der Waals surface area contributed by atoms with E-state index in [9.17, 15) is 9.65 Å². The Kier molecular flexibility index (Phi) is 8.19. The molecule has 3 N–H and O–H groups in total. The number of anilines is 2. The molecule has 1 aromatic carbocycles. The molecular formula is C24H25ClFN5. The van der Waals surface area contributed by atoms with E-state index >= 15 is 0 Å². The molecule has 1 saturated carbocycles. The summed E-state index contributed by atoms with van der Waals surface area (Å²) in [5.74, 6) is 0.385. The zero-order valence-electron chi connectivity index (χ0n) is 17.2. The van der Waals surface area contributed by atoms with Gasteiger partial charge in [0.1, 0.15) is 23.5 Å². The number of halogens is 2. The second-order valence-corrected chi connectivity index (χ2v) is 7.81. The van der Waals surface area contributed by atoms with Crippen molar-refractivity contribution < 1.29 is 4.39 Å². The SMILES string of the molecule is C1CCCCC1.N#Cc1ccc(-c2cc(N)ncc2Cl)nc1NCc1cccc(F)c1. The number of rotatable bonds is 4. The van der Waals surface area contributed by atoms with E-state index < -0.39 is 0 Å². The Balaban J connectivity index is 0.000000391. The van der Waals surface area contributed by atoms with E-state index in [0.29, 0.717) is 40.0 Å². The molecule has 7 heteroatoms. The van der Waals surface area contributed by atoms with Gasteiger partial charge in [0.25, 0.3) is 0 Å². The van der Waals surface area contributed by atoms with Crippen LogP contribution in [-0.2, 0) is 6.54 Å². The van der Waals surface area contributed by atoms with Crippen molar-refractivity contribution in [2.45, 2.75) is 45.1 Å². The van der Waals surface area contributed by atoms with Crippen LogP contribution in [0, 0.1) is 17.1 Å². The lowest BCUT2D eigenvalue weighted by atomic mass is 10.0. The minimum absolute atomic E-state index is 0.319. The van der Waals surface area contributed by atoms with Crippen LogP contribution in [0.25, 0.3) is 11.3 Å². The first-order chi connectivity index (χ1) is 15.1. The van der Waals surface area contributed by atoms with Crippen molar-refractivity contribution in [3.05, 3.63) is 70.6 Å². The van der Waals surface area contributed by atoms with E-state index in [4.69, 9.17) is 17.3 Å². The normalized spacial score (nSPS) is 12.9. The molecule has 1 aliphatic carbocycles. The van der Waals surface area contributed by atoms with E-state index in [1.807, 2.05) is 0 Å². The molecule has 0 spiro atoms. The fraction of sp³-hybridized carbons (Fsp3) is 0.292. The highest BCUT2D eigenvalue weighted by Gasteiger charge is 2.11. The highest BCUT2D eigenvalue weighted by Crippen LogP contribution is 2.29. The topological polar surface area (TPSA) is 87.6 Å². The van der Waals surface area contributed by atoms with E-state index in [1.165, 1.54) is 56.9 Å². The van der Waals surface area contributed by atoms with Crippen molar-refractivity contribution >= 4 is 23.2 Å². The van der Waals surface area contributed by atoms with Crippen molar-refractivity contribution in [1.29, 1.82) is 5.26 Å². The summed E-state index contributed by atoms with van der Waals surface area (Å²) in [6.45, 7) is 0.328. The number of nitrogens with two attached hydrogens (primary N) is 1. The lowest BCUT2D eigenvalue weighted by Crippen LogP contribution is -2.04. The number of aromatic nitrogens is 2. The van der Waals surface area contributed by atoms with Crippen LogP contribution in [0.4, 0.5) is 16.0 Å². The zero-order valence-corrected chi connectivity index (χ0v) is 18.0. The summed E-state index contributed by atoms with van der Waals surface area (Å²) in [5.41, 5.74) is 7.99. The Morgan fingerprint density at radius 3 is 2.42 bits per heavy atom. The second-order valence-electron chi connectivity index (χ2n) is 7.40. The number of hydrogen-bond donors (Lipinski definition) is 2. The summed E-state index contributed by atoms with van der Waals surface area (Å²) >= 11 is 6.16. The van der Waals surface area contributed by atoms with Gasteiger partial charge in [-0.25, -0.2) is 14.4 Å². The molecule has 0 amide bonds. The maximum absolute atomic E-state index is 13.3. The molecule has 3 aromatic rings. The van der Waals surface area contributed by atoms with E-state index in [0.717, 1.165) is 5.56 Å². The maximum Gasteiger partial charge on any atom is 0.144 e. The molecule has 160 valence electrons. The van der Waals surface area contributed by atoms with Gasteiger partial charge in [0.05, 0.1) is 16.3 Å². The summed E-state index contributed by atoms with van der Waals surface area (Å²) < 4.78 is 13.3. The molecule has 2 heterocycles. The van der Waals surface area contributed by atoms with Gasteiger partial charge in [-0.3, -0.25) is 0 Å². The summed E-state index contributed by atoms with van der Waals surface area (Å²) in [6, 6.07) is 13.2. The Morgan fingerprint density at radius 2 is 1.77 bits per heavy atom. The lowest BCUT2D eigenvalue weighted by molar-refractivity contribution is 0.504. The molecule has 1 aliphatic rings. The van der Waals surface area contributed by atoms with Crippen molar-refractivity contribution in [3.8, 4) is 17.3 Å². The van der Waals surface area contributed by atoms with Crippen molar-refractivity contribution in [3.63, 3.8) is 0 Å². The van der Waals surface area contributed by atoms with Crippen molar-refractivity contribution in [1.82, 2.24) is 9.97 Å². The molecule has 1 fully saturated rings. The number of hydrogen-bond acceptors (Lipinski definition) is 5. The molecule has 0 saturated heterocycles. The van der Waals surface area contributed by atoms with Gasteiger partial charge in [-0.05, 0) is 35.9 Å². The van der Waals surface area contributed by atoms with Crippen LogP contribution in [0.15, 0.2) is 48.7 Å². The first-order valence-corrected chi connectivity index (χ1v) is 10.8. The van der Waals surface area contributed by atoms with Crippen LogP contribution in [-0.4, -0.2) is 9.97 Å². The van der Waals surface area contributed by atoms with Gasteiger partial charge in [-0.1, -0.05) is 62.3 Å². The summed E-state index contributed by atoms with van der Waals surface area (Å²) in [4.78, 5) is 8.38. The number of pyridine rings is 2. The monoisotopic (exact) mass is 437 g/mol. The van der Waals surface area contributed by atoms with Gasteiger partial charge in [-0.15, -0.1) is 0 Å². The molecule has 4 rings (SSSR count). The van der Waals surface area contributed by atoms with Gasteiger partial charge in [0.15, 0.2) is 0 Å². The summed E-state index contributed by atoms with van der Waals surface area (Å²) in [5, 5.41) is 12.7. The number of nitrogen functional groups attached to an aromatic ring is 1. The molecule has 2 aromatic heterocycles. The molecule has 31 heavy (non-hydrogen) atoms. The lowest BCUT2D eigenvalue weighted by Gasteiger charge is -2.11. The number of nitrogens with one attached hydrogen (secondary N) is 1. The molecule has 0 aliphatic heterocycles. The first-order valence-electron chi connectivity index (χ1n) is 10.4. The minimum atomic E-state index is -0.319. The van der Waals surface area contributed by atoms with Crippen LogP contribution in [0.1, 0.15) is 49.7 Å². The van der Waals surface area contributed by atoms with Crippen molar-refractivity contribution in [2.24, 2.45) is 0 Å². The highest BCUT2D eigenvalue weighted by molar-refractivity contribution is 6.33. The number of nitriles is 1. The average Bonchev–Trinajstić information content (AvgIpc) is 2.81.